The van der Waals surface area contributed by atoms with E-state index < -0.39 is 0 Å². The van der Waals surface area contributed by atoms with Crippen LogP contribution in [0.5, 0.6) is 0 Å². The predicted octanol–water partition coefficient (Wildman–Crippen LogP) is 2.53. The number of nitrogens with zero attached hydrogens (tertiary/aromatic N) is 1. The maximum atomic E-state index is 12.2. The molecule has 0 aromatic rings. The number of nitrogens with one attached hydrogen (secondary N) is 1. The number of ether oxygens (including phenoxy) is 1. The highest BCUT2D eigenvalue weighted by Gasteiger charge is 2.27. The third kappa shape index (κ3) is 3.37. The third-order valence-corrected chi connectivity index (χ3v) is 4.32. The first kappa shape index (κ1) is 13.7. The first-order valence-corrected chi connectivity index (χ1v) is 7.33. The van der Waals surface area contributed by atoms with Gasteiger partial charge in [-0.3, -0.25) is 0 Å². The molecular weight excluding hydrogens is 228 g/mol. The number of urea groups is 1. The minimum Gasteiger partial charge on any atom is -0.376 e. The molecule has 104 valence electrons. The molecule has 0 aromatic heterocycles. The molecule has 2 amide bonds. The average Bonchev–Trinajstić information content (AvgIpc) is 2.92. The second-order valence-electron chi connectivity index (χ2n) is 5.69. The fourth-order valence-electron chi connectivity index (χ4n) is 3.02. The standard InChI is InChI=1S/C14H26N2O2/c1-11(13-9-6-10-18-13)15-14(17)16(2)12-7-4-3-5-8-12/h11-13H,3-10H2,1-2H3,(H,15,17). The van der Waals surface area contributed by atoms with Crippen LogP contribution >= 0.6 is 0 Å². The molecule has 1 N–H and O–H groups in total. The van der Waals surface area contributed by atoms with Crippen LogP contribution in [0.1, 0.15) is 51.9 Å². The van der Waals surface area contributed by atoms with Crippen LogP contribution in [0.2, 0.25) is 0 Å². The van der Waals surface area contributed by atoms with Crippen molar-refractivity contribution in [1.82, 2.24) is 10.2 Å². The molecule has 1 aliphatic carbocycles. The Morgan fingerprint density at radius 1 is 1.22 bits per heavy atom. The van der Waals surface area contributed by atoms with Crippen LogP contribution in [0.25, 0.3) is 0 Å². The summed E-state index contributed by atoms with van der Waals surface area (Å²) >= 11 is 0. The Labute approximate surface area is 110 Å². The highest BCUT2D eigenvalue weighted by molar-refractivity contribution is 5.74. The molecule has 0 spiro atoms. The molecule has 0 bridgehead atoms. The summed E-state index contributed by atoms with van der Waals surface area (Å²) in [6, 6.07) is 0.603. The monoisotopic (exact) mass is 254 g/mol. The van der Waals surface area contributed by atoms with Gasteiger partial charge in [0.05, 0.1) is 12.1 Å². The number of hydrogen-bond donors (Lipinski definition) is 1. The van der Waals surface area contributed by atoms with Crippen LogP contribution in [-0.2, 0) is 4.74 Å². The molecule has 1 heterocycles. The smallest absolute Gasteiger partial charge is 0.317 e. The SMILES string of the molecule is CC(NC(=O)N(C)C1CCCCC1)C1CCCO1. The van der Waals surface area contributed by atoms with Crippen LogP contribution in [0, 0.1) is 0 Å². The number of carbonyl (C=O) groups is 1. The van der Waals surface area contributed by atoms with Crippen molar-refractivity contribution in [3.63, 3.8) is 0 Å². The molecule has 18 heavy (non-hydrogen) atoms. The Kier molecular flexibility index (Phi) is 4.87. The minimum atomic E-state index is 0.0601. The molecule has 2 atom stereocenters. The second-order valence-corrected chi connectivity index (χ2v) is 5.69. The highest BCUT2D eigenvalue weighted by Crippen LogP contribution is 2.22. The fourth-order valence-corrected chi connectivity index (χ4v) is 3.02. The molecule has 0 radical (unpaired) electrons. The Hall–Kier alpha value is -0.770. The van der Waals surface area contributed by atoms with E-state index in [1.807, 2.05) is 18.9 Å². The number of hydrogen-bond acceptors (Lipinski definition) is 2. The van der Waals surface area contributed by atoms with E-state index in [-0.39, 0.29) is 18.2 Å². The van der Waals surface area contributed by atoms with E-state index in [4.69, 9.17) is 4.74 Å². The van der Waals surface area contributed by atoms with Gasteiger partial charge in [-0.25, -0.2) is 4.79 Å². The topological polar surface area (TPSA) is 41.6 Å². The highest BCUT2D eigenvalue weighted by atomic mass is 16.5. The molecule has 2 rings (SSSR count). The van der Waals surface area contributed by atoms with Crippen molar-refractivity contribution in [3.8, 4) is 0 Å². The van der Waals surface area contributed by atoms with Gasteiger partial charge in [0.1, 0.15) is 0 Å². The normalized spacial score (nSPS) is 26.9. The van der Waals surface area contributed by atoms with E-state index in [1.165, 1.54) is 19.3 Å². The van der Waals surface area contributed by atoms with Crippen LogP contribution in [0.4, 0.5) is 4.79 Å². The lowest BCUT2D eigenvalue weighted by Crippen LogP contribution is -2.50. The Balaban J connectivity index is 1.78. The Morgan fingerprint density at radius 3 is 2.56 bits per heavy atom. The summed E-state index contributed by atoms with van der Waals surface area (Å²) in [5.41, 5.74) is 0. The molecule has 1 saturated carbocycles. The van der Waals surface area contributed by atoms with Gasteiger partial charge >= 0.3 is 6.03 Å². The van der Waals surface area contributed by atoms with Gasteiger partial charge in [-0.1, -0.05) is 19.3 Å². The molecular formula is C14H26N2O2. The first-order chi connectivity index (χ1) is 8.68. The first-order valence-electron chi connectivity index (χ1n) is 7.33. The Morgan fingerprint density at radius 2 is 1.94 bits per heavy atom. The molecule has 4 heteroatoms. The van der Waals surface area contributed by atoms with Gasteiger partial charge in [0.2, 0.25) is 0 Å². The summed E-state index contributed by atoms with van der Waals surface area (Å²) in [6.07, 6.45) is 8.51. The summed E-state index contributed by atoms with van der Waals surface area (Å²) in [5, 5.41) is 3.08. The van der Waals surface area contributed by atoms with Crippen molar-refractivity contribution in [1.29, 1.82) is 0 Å². The molecule has 4 nitrogen and oxygen atoms in total. The maximum Gasteiger partial charge on any atom is 0.317 e. The zero-order valence-corrected chi connectivity index (χ0v) is 11.7. The lowest BCUT2D eigenvalue weighted by molar-refractivity contribution is 0.0821. The van der Waals surface area contributed by atoms with Gasteiger partial charge in [-0.05, 0) is 32.6 Å². The average molecular weight is 254 g/mol. The van der Waals surface area contributed by atoms with E-state index >= 15 is 0 Å². The van der Waals surface area contributed by atoms with Crippen LogP contribution in [0.3, 0.4) is 0 Å². The van der Waals surface area contributed by atoms with Gasteiger partial charge in [0.15, 0.2) is 0 Å². The number of amides is 2. The molecule has 0 aromatic carbocycles. The van der Waals surface area contributed by atoms with E-state index in [1.54, 1.807) is 0 Å². The van der Waals surface area contributed by atoms with Crippen molar-refractivity contribution < 1.29 is 9.53 Å². The van der Waals surface area contributed by atoms with E-state index in [9.17, 15) is 4.79 Å². The third-order valence-electron chi connectivity index (χ3n) is 4.32. The van der Waals surface area contributed by atoms with Gasteiger partial charge in [0.25, 0.3) is 0 Å². The van der Waals surface area contributed by atoms with Crippen LogP contribution < -0.4 is 5.32 Å². The van der Waals surface area contributed by atoms with Crippen molar-refractivity contribution in [3.05, 3.63) is 0 Å². The largest absolute Gasteiger partial charge is 0.376 e. The maximum absolute atomic E-state index is 12.2. The van der Waals surface area contributed by atoms with Crippen LogP contribution in [-0.4, -0.2) is 42.8 Å². The molecule has 1 aliphatic heterocycles. The Bertz CT molecular complexity index is 271. The zero-order valence-electron chi connectivity index (χ0n) is 11.7. The number of carbonyl (C=O) groups excluding carboxylic acids is 1. The van der Waals surface area contributed by atoms with Crippen molar-refractivity contribution >= 4 is 6.03 Å². The zero-order chi connectivity index (χ0) is 13.0. The quantitative estimate of drug-likeness (QED) is 0.841. The molecule has 2 fully saturated rings. The van der Waals surface area contributed by atoms with Gasteiger partial charge < -0.3 is 15.0 Å². The van der Waals surface area contributed by atoms with Crippen molar-refractivity contribution in [2.75, 3.05) is 13.7 Å². The molecule has 2 unspecified atom stereocenters. The van der Waals surface area contributed by atoms with Gasteiger partial charge in [-0.15, -0.1) is 0 Å². The summed E-state index contributed by atoms with van der Waals surface area (Å²) in [7, 11) is 1.92. The lowest BCUT2D eigenvalue weighted by atomic mass is 9.95. The predicted molar refractivity (Wildman–Crippen MR) is 71.6 cm³/mol. The summed E-state index contributed by atoms with van der Waals surface area (Å²) in [5.74, 6) is 0. The summed E-state index contributed by atoms with van der Waals surface area (Å²) in [4.78, 5) is 14.1. The van der Waals surface area contributed by atoms with Crippen molar-refractivity contribution in [2.45, 2.75) is 70.1 Å². The lowest BCUT2D eigenvalue weighted by Gasteiger charge is -2.32. The second kappa shape index (κ2) is 6.41. The fraction of sp³-hybridized carbons (Fsp3) is 0.929. The van der Waals surface area contributed by atoms with Gasteiger partial charge in [-0.2, -0.15) is 0 Å². The molecule has 1 saturated heterocycles. The van der Waals surface area contributed by atoms with E-state index in [0.29, 0.717) is 6.04 Å². The summed E-state index contributed by atoms with van der Waals surface area (Å²) < 4.78 is 5.61. The molecule has 2 aliphatic rings. The summed E-state index contributed by atoms with van der Waals surface area (Å²) in [6.45, 7) is 2.88. The van der Waals surface area contributed by atoms with Crippen molar-refractivity contribution in [2.24, 2.45) is 0 Å². The van der Waals surface area contributed by atoms with E-state index in [0.717, 1.165) is 32.3 Å². The number of rotatable bonds is 3. The van der Waals surface area contributed by atoms with E-state index in [2.05, 4.69) is 5.32 Å². The van der Waals surface area contributed by atoms with Gasteiger partial charge in [0, 0.05) is 19.7 Å². The minimum absolute atomic E-state index is 0.0601. The van der Waals surface area contributed by atoms with Crippen LogP contribution in [0.15, 0.2) is 0 Å².